The fourth-order valence-electron chi connectivity index (χ4n) is 2.40. The van der Waals surface area contributed by atoms with Crippen molar-refractivity contribution in [3.8, 4) is 0 Å². The highest BCUT2D eigenvalue weighted by molar-refractivity contribution is 6.10. The average molecular weight is 250 g/mol. The lowest BCUT2D eigenvalue weighted by atomic mass is 9.81. The SMILES string of the molecule is O=C(C1=CC=CCC12C=CC=CO2)c1ccccc1. The van der Waals surface area contributed by atoms with Gasteiger partial charge < -0.3 is 4.74 Å². The van der Waals surface area contributed by atoms with Crippen molar-refractivity contribution in [1.29, 1.82) is 0 Å². The molecule has 0 N–H and O–H groups in total. The number of hydrogen-bond donors (Lipinski definition) is 0. The van der Waals surface area contributed by atoms with Gasteiger partial charge in [-0.25, -0.2) is 0 Å². The Kier molecular flexibility index (Phi) is 2.92. The summed E-state index contributed by atoms with van der Waals surface area (Å²) in [5, 5.41) is 0. The van der Waals surface area contributed by atoms with Crippen molar-refractivity contribution >= 4 is 5.78 Å². The Hall–Kier alpha value is -2.35. The molecule has 1 aliphatic carbocycles. The minimum atomic E-state index is -0.642. The third-order valence-corrected chi connectivity index (χ3v) is 3.39. The molecule has 1 spiro atoms. The topological polar surface area (TPSA) is 26.3 Å². The van der Waals surface area contributed by atoms with E-state index >= 15 is 0 Å². The van der Waals surface area contributed by atoms with Gasteiger partial charge in [0.2, 0.25) is 0 Å². The third-order valence-electron chi connectivity index (χ3n) is 3.39. The Morgan fingerprint density at radius 3 is 2.68 bits per heavy atom. The second-order valence-corrected chi connectivity index (χ2v) is 4.60. The molecule has 1 atom stereocenters. The molecule has 3 rings (SSSR count). The van der Waals surface area contributed by atoms with Crippen molar-refractivity contribution in [3.05, 3.63) is 84.2 Å². The lowest BCUT2D eigenvalue weighted by Gasteiger charge is -2.34. The van der Waals surface area contributed by atoms with Gasteiger partial charge in [-0.3, -0.25) is 4.79 Å². The molecule has 94 valence electrons. The van der Waals surface area contributed by atoms with Crippen LogP contribution in [0.4, 0.5) is 0 Å². The van der Waals surface area contributed by atoms with Gasteiger partial charge in [-0.1, -0.05) is 54.6 Å². The van der Waals surface area contributed by atoms with Gasteiger partial charge in [0.15, 0.2) is 11.4 Å². The molecule has 0 bridgehead atoms. The van der Waals surface area contributed by atoms with Crippen LogP contribution in [0, 0.1) is 0 Å². The number of carbonyl (C=O) groups excluding carboxylic acids is 1. The predicted octanol–water partition coefficient (Wildman–Crippen LogP) is 3.59. The van der Waals surface area contributed by atoms with Gasteiger partial charge in [-0.15, -0.1) is 0 Å². The minimum absolute atomic E-state index is 0.0184. The first-order valence-electron chi connectivity index (χ1n) is 6.31. The van der Waals surface area contributed by atoms with E-state index in [1.807, 2.05) is 66.8 Å². The van der Waals surface area contributed by atoms with Crippen LogP contribution in [0.2, 0.25) is 0 Å². The van der Waals surface area contributed by atoms with Crippen LogP contribution in [0.1, 0.15) is 16.8 Å². The molecule has 1 aliphatic heterocycles. The number of hydrogen-bond acceptors (Lipinski definition) is 2. The number of ether oxygens (including phenoxy) is 1. The smallest absolute Gasteiger partial charge is 0.193 e. The second kappa shape index (κ2) is 4.73. The monoisotopic (exact) mass is 250 g/mol. The Labute approximate surface area is 112 Å². The zero-order chi connectivity index (χ0) is 13.1. The Bertz CT molecular complexity index is 601. The van der Waals surface area contributed by atoms with E-state index in [0.717, 1.165) is 0 Å². The maximum Gasteiger partial charge on any atom is 0.193 e. The van der Waals surface area contributed by atoms with Gasteiger partial charge in [0.25, 0.3) is 0 Å². The lowest BCUT2D eigenvalue weighted by molar-refractivity contribution is 0.0806. The molecule has 1 aromatic carbocycles. The van der Waals surface area contributed by atoms with Gasteiger partial charge in [0.05, 0.1) is 6.26 Å². The van der Waals surface area contributed by atoms with Gasteiger partial charge in [-0.2, -0.15) is 0 Å². The summed E-state index contributed by atoms with van der Waals surface area (Å²) in [5.41, 5.74) is 0.730. The molecule has 2 heteroatoms. The normalized spacial score (nSPS) is 24.1. The summed E-state index contributed by atoms with van der Waals surface area (Å²) in [6.45, 7) is 0. The number of Topliss-reactive ketones (excluding diaryl/α,β-unsaturated/α-hetero) is 1. The number of allylic oxidation sites excluding steroid dienone is 4. The quantitative estimate of drug-likeness (QED) is 0.750. The highest BCUT2D eigenvalue weighted by Crippen LogP contribution is 2.35. The highest BCUT2D eigenvalue weighted by Gasteiger charge is 2.38. The molecule has 0 radical (unpaired) electrons. The summed E-state index contributed by atoms with van der Waals surface area (Å²) in [6, 6.07) is 9.31. The van der Waals surface area contributed by atoms with E-state index in [2.05, 4.69) is 0 Å². The first kappa shape index (κ1) is 11.7. The standard InChI is InChI=1S/C17H14O2/c18-16(14-8-2-1-3-9-14)15-10-4-5-11-17(15)12-6-7-13-19-17/h1-10,12-13H,11H2. The summed E-state index contributed by atoms with van der Waals surface area (Å²) >= 11 is 0. The predicted molar refractivity (Wildman–Crippen MR) is 74.7 cm³/mol. The molecule has 2 nitrogen and oxygen atoms in total. The van der Waals surface area contributed by atoms with Crippen molar-refractivity contribution in [1.82, 2.24) is 0 Å². The highest BCUT2D eigenvalue weighted by atomic mass is 16.5. The number of rotatable bonds is 2. The van der Waals surface area contributed by atoms with Crippen molar-refractivity contribution in [2.45, 2.75) is 12.0 Å². The van der Waals surface area contributed by atoms with Crippen LogP contribution in [0.15, 0.2) is 78.6 Å². The Morgan fingerprint density at radius 2 is 1.95 bits per heavy atom. The van der Waals surface area contributed by atoms with E-state index in [0.29, 0.717) is 17.6 Å². The van der Waals surface area contributed by atoms with E-state index < -0.39 is 5.60 Å². The summed E-state index contributed by atoms with van der Waals surface area (Å²) in [5.74, 6) is 0.0184. The van der Waals surface area contributed by atoms with Gasteiger partial charge in [0.1, 0.15) is 0 Å². The number of ketones is 1. The van der Waals surface area contributed by atoms with E-state index in [4.69, 9.17) is 4.74 Å². The molecular formula is C17H14O2. The van der Waals surface area contributed by atoms with Crippen molar-refractivity contribution < 1.29 is 9.53 Å². The fourth-order valence-corrected chi connectivity index (χ4v) is 2.40. The summed E-state index contributed by atoms with van der Waals surface area (Å²) in [7, 11) is 0. The molecule has 0 fully saturated rings. The van der Waals surface area contributed by atoms with Crippen LogP contribution in [-0.2, 0) is 4.74 Å². The van der Waals surface area contributed by atoms with Crippen LogP contribution in [0.3, 0.4) is 0 Å². The fraction of sp³-hybridized carbons (Fsp3) is 0.118. The largest absolute Gasteiger partial charge is 0.486 e. The first-order chi connectivity index (χ1) is 9.32. The lowest BCUT2D eigenvalue weighted by Crippen LogP contribution is -2.36. The summed E-state index contributed by atoms with van der Waals surface area (Å²) < 4.78 is 5.75. The molecular weight excluding hydrogens is 236 g/mol. The minimum Gasteiger partial charge on any atom is -0.486 e. The first-order valence-corrected chi connectivity index (χ1v) is 6.31. The van der Waals surface area contributed by atoms with Crippen LogP contribution in [0.25, 0.3) is 0 Å². The van der Waals surface area contributed by atoms with Gasteiger partial charge in [0, 0.05) is 17.6 Å². The maximum atomic E-state index is 12.6. The third kappa shape index (κ3) is 2.06. The van der Waals surface area contributed by atoms with Crippen LogP contribution in [0.5, 0.6) is 0 Å². The molecule has 0 aromatic heterocycles. The van der Waals surface area contributed by atoms with Crippen LogP contribution < -0.4 is 0 Å². The molecule has 1 aromatic rings. The van der Waals surface area contributed by atoms with Crippen LogP contribution in [-0.4, -0.2) is 11.4 Å². The molecule has 0 saturated carbocycles. The van der Waals surface area contributed by atoms with E-state index in [9.17, 15) is 4.79 Å². The second-order valence-electron chi connectivity index (χ2n) is 4.60. The molecule has 0 amide bonds. The summed E-state index contributed by atoms with van der Waals surface area (Å²) in [6.07, 6.45) is 13.8. The van der Waals surface area contributed by atoms with Crippen molar-refractivity contribution in [2.75, 3.05) is 0 Å². The molecule has 1 heterocycles. The van der Waals surface area contributed by atoms with Crippen molar-refractivity contribution in [3.63, 3.8) is 0 Å². The number of benzene rings is 1. The average Bonchev–Trinajstić information content (AvgIpc) is 2.49. The van der Waals surface area contributed by atoms with Crippen molar-refractivity contribution in [2.24, 2.45) is 0 Å². The molecule has 2 aliphatic rings. The van der Waals surface area contributed by atoms with Crippen LogP contribution >= 0.6 is 0 Å². The van der Waals surface area contributed by atoms with Gasteiger partial charge in [-0.05, 0) is 12.2 Å². The summed E-state index contributed by atoms with van der Waals surface area (Å²) in [4.78, 5) is 12.6. The maximum absolute atomic E-state index is 12.6. The van der Waals surface area contributed by atoms with E-state index in [-0.39, 0.29) is 5.78 Å². The zero-order valence-corrected chi connectivity index (χ0v) is 10.5. The van der Waals surface area contributed by atoms with E-state index in [1.165, 1.54) is 0 Å². The molecule has 1 unspecified atom stereocenters. The zero-order valence-electron chi connectivity index (χ0n) is 10.5. The van der Waals surface area contributed by atoms with Gasteiger partial charge >= 0.3 is 0 Å². The Balaban J connectivity index is 2.00. The molecule has 19 heavy (non-hydrogen) atoms. The van der Waals surface area contributed by atoms with E-state index in [1.54, 1.807) is 6.26 Å². The molecule has 0 saturated heterocycles. The number of carbonyl (C=O) groups is 1. The Morgan fingerprint density at radius 1 is 1.11 bits per heavy atom.